The Morgan fingerprint density at radius 2 is 2.20 bits per heavy atom. The molecule has 1 unspecified atom stereocenters. The van der Waals surface area contributed by atoms with E-state index in [2.05, 4.69) is 0 Å². The first kappa shape index (κ1) is 9.13. The lowest BCUT2D eigenvalue weighted by Crippen LogP contribution is -2.29. The molecule has 0 rings (SSSR count). The highest BCUT2D eigenvalue weighted by Gasteiger charge is 2.07. The SMILES string of the molecule is NC/C=C/CC(N)[13C](=O)O. The van der Waals surface area contributed by atoms with Gasteiger partial charge in [-0.15, -0.1) is 0 Å². The van der Waals surface area contributed by atoms with E-state index in [-0.39, 0.29) is 0 Å². The van der Waals surface area contributed by atoms with Crippen LogP contribution in [0.4, 0.5) is 0 Å². The normalized spacial score (nSPS) is 13.8. The largest absolute Gasteiger partial charge is 0.480 e. The fourth-order valence-corrected chi connectivity index (χ4v) is 0.440. The monoisotopic (exact) mass is 145 g/mol. The van der Waals surface area contributed by atoms with Gasteiger partial charge < -0.3 is 16.6 Å². The maximum Gasteiger partial charge on any atom is 0.320 e. The number of hydrogen-bond donors (Lipinski definition) is 3. The third-order valence-corrected chi connectivity index (χ3v) is 1.01. The molecule has 0 radical (unpaired) electrons. The number of carboxylic acid groups (broad SMARTS) is 1. The minimum atomic E-state index is -0.985. The Bertz CT molecular complexity index is 134. The molecule has 1 atom stereocenters. The molecule has 0 spiro atoms. The minimum absolute atomic E-state index is 0.340. The highest BCUT2D eigenvalue weighted by Crippen LogP contribution is 1.88. The Hall–Kier alpha value is -0.870. The van der Waals surface area contributed by atoms with E-state index in [9.17, 15) is 4.79 Å². The van der Waals surface area contributed by atoms with Gasteiger partial charge in [-0.3, -0.25) is 4.79 Å². The summed E-state index contributed by atoms with van der Waals surface area (Å²) in [4.78, 5) is 10.1. The first-order chi connectivity index (χ1) is 4.68. The Labute approximate surface area is 59.5 Å². The van der Waals surface area contributed by atoms with Crippen molar-refractivity contribution in [2.45, 2.75) is 12.5 Å². The molecule has 0 bridgehead atoms. The molecule has 0 aromatic rings. The molecule has 0 fully saturated rings. The van der Waals surface area contributed by atoms with Crippen molar-refractivity contribution in [2.75, 3.05) is 6.54 Å². The van der Waals surface area contributed by atoms with Crippen LogP contribution < -0.4 is 11.5 Å². The van der Waals surface area contributed by atoms with E-state index < -0.39 is 12.0 Å². The fourth-order valence-electron chi connectivity index (χ4n) is 0.440. The van der Waals surface area contributed by atoms with Gasteiger partial charge in [0.05, 0.1) is 0 Å². The molecule has 0 amide bonds. The molecule has 4 nitrogen and oxygen atoms in total. The Morgan fingerprint density at radius 1 is 1.60 bits per heavy atom. The van der Waals surface area contributed by atoms with Crippen molar-refractivity contribution in [1.82, 2.24) is 0 Å². The second kappa shape index (κ2) is 4.96. The molecule has 0 aromatic carbocycles. The van der Waals surface area contributed by atoms with Crippen LogP contribution in [0, 0.1) is 0 Å². The lowest BCUT2D eigenvalue weighted by molar-refractivity contribution is -0.138. The number of rotatable bonds is 4. The summed E-state index contributed by atoms with van der Waals surface area (Å²) in [6.07, 6.45) is 3.69. The maximum atomic E-state index is 10.1. The van der Waals surface area contributed by atoms with Gasteiger partial charge in [0.1, 0.15) is 6.04 Å². The summed E-state index contributed by atoms with van der Waals surface area (Å²) in [7, 11) is 0. The fraction of sp³-hybridized carbons (Fsp3) is 0.500. The minimum Gasteiger partial charge on any atom is -0.480 e. The zero-order valence-corrected chi connectivity index (χ0v) is 5.66. The van der Waals surface area contributed by atoms with Crippen LogP contribution in [-0.4, -0.2) is 23.7 Å². The molecule has 0 saturated heterocycles. The van der Waals surface area contributed by atoms with E-state index in [4.69, 9.17) is 16.6 Å². The third-order valence-electron chi connectivity index (χ3n) is 1.01. The first-order valence-electron chi connectivity index (χ1n) is 3.02. The number of carboxylic acids is 1. The van der Waals surface area contributed by atoms with E-state index in [1.54, 1.807) is 12.2 Å². The average molecular weight is 145 g/mol. The van der Waals surface area contributed by atoms with Crippen molar-refractivity contribution in [1.29, 1.82) is 0 Å². The van der Waals surface area contributed by atoms with E-state index in [1.807, 2.05) is 0 Å². The summed E-state index contributed by atoms with van der Waals surface area (Å²) in [5.74, 6) is -0.985. The molecular formula is C6H12N2O2. The van der Waals surface area contributed by atoms with Crippen LogP contribution in [0.15, 0.2) is 12.2 Å². The third kappa shape index (κ3) is 4.05. The van der Waals surface area contributed by atoms with E-state index in [0.29, 0.717) is 13.0 Å². The van der Waals surface area contributed by atoms with Crippen LogP contribution >= 0.6 is 0 Å². The molecule has 5 N–H and O–H groups in total. The second-order valence-corrected chi connectivity index (χ2v) is 1.89. The zero-order chi connectivity index (χ0) is 7.98. The Balaban J connectivity index is 3.48. The molecule has 10 heavy (non-hydrogen) atoms. The molecule has 0 aromatic heterocycles. The van der Waals surface area contributed by atoms with Crippen LogP contribution in [0.2, 0.25) is 0 Å². The molecule has 0 heterocycles. The van der Waals surface area contributed by atoms with E-state index in [1.165, 1.54) is 0 Å². The van der Waals surface area contributed by atoms with Gasteiger partial charge in [0.15, 0.2) is 0 Å². The highest BCUT2D eigenvalue weighted by molar-refractivity contribution is 5.73. The van der Waals surface area contributed by atoms with Gasteiger partial charge in [-0.05, 0) is 6.42 Å². The van der Waals surface area contributed by atoms with Crippen molar-refractivity contribution >= 4 is 5.97 Å². The topological polar surface area (TPSA) is 89.3 Å². The van der Waals surface area contributed by atoms with Crippen LogP contribution in [0.5, 0.6) is 0 Å². The van der Waals surface area contributed by atoms with Gasteiger partial charge in [0.2, 0.25) is 0 Å². The molecule has 0 aliphatic heterocycles. The first-order valence-corrected chi connectivity index (χ1v) is 3.02. The highest BCUT2D eigenvalue weighted by atomic mass is 16.5. The standard InChI is InChI=1S/C6H12N2O2/c7-4-2-1-3-5(8)6(9)10/h1-2,5H,3-4,7-8H2,(H,9,10)/b2-1+/i6+1. The van der Waals surface area contributed by atoms with Gasteiger partial charge in [-0.25, -0.2) is 0 Å². The molecule has 58 valence electrons. The molecule has 0 aliphatic rings. The van der Waals surface area contributed by atoms with Gasteiger partial charge in [-0.1, -0.05) is 12.2 Å². The Morgan fingerprint density at radius 3 is 2.60 bits per heavy atom. The van der Waals surface area contributed by atoms with E-state index >= 15 is 0 Å². The summed E-state index contributed by atoms with van der Waals surface area (Å²) in [5, 5.41) is 8.29. The molecule has 0 aliphatic carbocycles. The summed E-state index contributed by atoms with van der Waals surface area (Å²) in [6.45, 7) is 0.423. The predicted molar refractivity (Wildman–Crippen MR) is 38.4 cm³/mol. The quantitative estimate of drug-likeness (QED) is 0.360. The van der Waals surface area contributed by atoms with Crippen molar-refractivity contribution in [3.8, 4) is 0 Å². The van der Waals surface area contributed by atoms with Gasteiger partial charge in [-0.2, -0.15) is 0 Å². The van der Waals surface area contributed by atoms with Crippen LogP contribution in [0.3, 0.4) is 0 Å². The van der Waals surface area contributed by atoms with Gasteiger partial charge in [0.25, 0.3) is 0 Å². The van der Waals surface area contributed by atoms with Gasteiger partial charge >= 0.3 is 5.97 Å². The lowest BCUT2D eigenvalue weighted by atomic mass is 10.3. The average Bonchev–Trinajstić information content (AvgIpc) is 1.88. The number of nitrogens with two attached hydrogens (primary N) is 2. The molecule has 0 saturated carbocycles. The van der Waals surface area contributed by atoms with Crippen molar-refractivity contribution in [3.63, 3.8) is 0 Å². The lowest BCUT2D eigenvalue weighted by Gasteiger charge is -1.99. The number of carbonyl (C=O) groups is 1. The summed E-state index contributed by atoms with van der Waals surface area (Å²) >= 11 is 0. The summed E-state index contributed by atoms with van der Waals surface area (Å²) < 4.78 is 0. The van der Waals surface area contributed by atoms with Crippen LogP contribution in [-0.2, 0) is 4.79 Å². The van der Waals surface area contributed by atoms with Crippen LogP contribution in [0.25, 0.3) is 0 Å². The molecular weight excluding hydrogens is 133 g/mol. The smallest absolute Gasteiger partial charge is 0.320 e. The predicted octanol–water partition coefficient (Wildman–Crippen LogP) is -0.697. The number of aliphatic carboxylic acids is 1. The molecule has 4 heteroatoms. The van der Waals surface area contributed by atoms with Gasteiger partial charge in [0, 0.05) is 6.54 Å². The van der Waals surface area contributed by atoms with Crippen LogP contribution in [0.1, 0.15) is 6.42 Å². The van der Waals surface area contributed by atoms with Crippen molar-refractivity contribution < 1.29 is 9.90 Å². The zero-order valence-electron chi connectivity index (χ0n) is 5.66. The maximum absolute atomic E-state index is 10.1. The number of hydrogen-bond acceptors (Lipinski definition) is 3. The second-order valence-electron chi connectivity index (χ2n) is 1.89. The van der Waals surface area contributed by atoms with E-state index in [0.717, 1.165) is 0 Å². The summed E-state index contributed by atoms with van der Waals surface area (Å²) in [5.41, 5.74) is 10.3. The summed E-state index contributed by atoms with van der Waals surface area (Å²) in [6, 6.07) is -0.803. The van der Waals surface area contributed by atoms with Crippen molar-refractivity contribution in [2.24, 2.45) is 11.5 Å². The van der Waals surface area contributed by atoms with Crippen molar-refractivity contribution in [3.05, 3.63) is 12.2 Å². The Kier molecular flexibility index (Phi) is 4.53.